The molecular formula is C25H20ClFN2O2S. The smallest absolute Gasteiger partial charge is 0.283 e. The molecular weight excluding hydrogens is 447 g/mol. The van der Waals surface area contributed by atoms with Gasteiger partial charge in [0, 0.05) is 10.6 Å². The Labute approximate surface area is 195 Å². The highest BCUT2D eigenvalue weighted by Gasteiger charge is 2.40. The first-order valence-electron chi connectivity index (χ1n) is 10.0. The van der Waals surface area contributed by atoms with Crippen LogP contribution in [0.4, 0.5) is 15.8 Å². The Bertz CT molecular complexity index is 1210. The zero-order valence-corrected chi connectivity index (χ0v) is 19.0. The van der Waals surface area contributed by atoms with Crippen molar-refractivity contribution in [3.8, 4) is 0 Å². The van der Waals surface area contributed by atoms with Gasteiger partial charge >= 0.3 is 0 Å². The largest absolute Gasteiger partial charge is 0.350 e. The molecule has 0 saturated heterocycles. The first kappa shape index (κ1) is 22.1. The van der Waals surface area contributed by atoms with Crippen LogP contribution in [0.25, 0.3) is 0 Å². The second kappa shape index (κ2) is 9.18. The lowest BCUT2D eigenvalue weighted by molar-refractivity contribution is -0.120. The normalized spacial score (nSPS) is 14.0. The molecule has 0 atom stereocenters. The minimum Gasteiger partial charge on any atom is -0.350 e. The van der Waals surface area contributed by atoms with Crippen molar-refractivity contribution in [1.29, 1.82) is 0 Å². The molecule has 3 aromatic carbocycles. The Morgan fingerprint density at radius 1 is 0.938 bits per heavy atom. The summed E-state index contributed by atoms with van der Waals surface area (Å²) in [6, 6.07) is 20.8. The van der Waals surface area contributed by atoms with Gasteiger partial charge in [-0.25, -0.2) is 9.29 Å². The topological polar surface area (TPSA) is 49.4 Å². The molecule has 4 nitrogen and oxygen atoms in total. The van der Waals surface area contributed by atoms with Gasteiger partial charge in [-0.1, -0.05) is 67.5 Å². The highest BCUT2D eigenvalue weighted by Crippen LogP contribution is 2.38. The summed E-state index contributed by atoms with van der Waals surface area (Å²) >= 11 is 7.10. The number of amides is 2. The number of hydrogen-bond acceptors (Lipinski definition) is 4. The van der Waals surface area contributed by atoms with Crippen molar-refractivity contribution in [3.05, 3.63) is 99.8 Å². The Hall–Kier alpha value is -3.09. The van der Waals surface area contributed by atoms with E-state index in [1.807, 2.05) is 54.6 Å². The van der Waals surface area contributed by atoms with Crippen molar-refractivity contribution in [2.24, 2.45) is 0 Å². The molecule has 32 heavy (non-hydrogen) atoms. The SMILES string of the molecule is CC(C)c1ccc(NC2=C(Sc3ccccc3)C(=O)N(c3ccc(F)c(Cl)c3)C2=O)cc1. The Morgan fingerprint density at radius 3 is 2.25 bits per heavy atom. The molecule has 3 aromatic rings. The van der Waals surface area contributed by atoms with Crippen molar-refractivity contribution >= 4 is 46.6 Å². The van der Waals surface area contributed by atoms with Crippen LogP contribution in [0.15, 0.2) is 88.3 Å². The first-order chi connectivity index (χ1) is 15.3. The van der Waals surface area contributed by atoms with E-state index >= 15 is 0 Å². The van der Waals surface area contributed by atoms with Gasteiger partial charge in [0.05, 0.1) is 10.7 Å². The third-order valence-electron chi connectivity index (χ3n) is 5.01. The highest BCUT2D eigenvalue weighted by atomic mass is 35.5. The van der Waals surface area contributed by atoms with Crippen LogP contribution in [-0.2, 0) is 9.59 Å². The third-order valence-corrected chi connectivity index (χ3v) is 6.39. The van der Waals surface area contributed by atoms with E-state index < -0.39 is 17.6 Å². The number of carbonyl (C=O) groups excluding carboxylic acids is 2. The Balaban J connectivity index is 1.72. The van der Waals surface area contributed by atoms with Crippen molar-refractivity contribution in [3.63, 3.8) is 0 Å². The average molecular weight is 467 g/mol. The van der Waals surface area contributed by atoms with Crippen LogP contribution < -0.4 is 10.2 Å². The summed E-state index contributed by atoms with van der Waals surface area (Å²) in [4.78, 5) is 28.7. The van der Waals surface area contributed by atoms with E-state index in [1.165, 1.54) is 29.5 Å². The number of halogens is 2. The van der Waals surface area contributed by atoms with Gasteiger partial charge < -0.3 is 5.32 Å². The van der Waals surface area contributed by atoms with E-state index in [9.17, 15) is 14.0 Å². The van der Waals surface area contributed by atoms with Gasteiger partial charge in [0.25, 0.3) is 11.8 Å². The van der Waals surface area contributed by atoms with Crippen LogP contribution in [0.5, 0.6) is 0 Å². The number of hydrogen-bond donors (Lipinski definition) is 1. The molecule has 1 aliphatic rings. The van der Waals surface area contributed by atoms with Gasteiger partial charge in [0.15, 0.2) is 0 Å². The Kier molecular flexibility index (Phi) is 6.35. The summed E-state index contributed by atoms with van der Waals surface area (Å²) in [5.41, 5.74) is 2.24. The quantitative estimate of drug-likeness (QED) is 0.416. The van der Waals surface area contributed by atoms with Gasteiger partial charge in [-0.05, 0) is 53.9 Å². The zero-order chi connectivity index (χ0) is 22.8. The summed E-state index contributed by atoms with van der Waals surface area (Å²) in [6.07, 6.45) is 0. The van der Waals surface area contributed by atoms with E-state index in [1.54, 1.807) is 0 Å². The molecule has 0 saturated carbocycles. The molecule has 0 aliphatic carbocycles. The second-order valence-electron chi connectivity index (χ2n) is 7.57. The maximum absolute atomic E-state index is 13.7. The predicted molar refractivity (Wildman–Crippen MR) is 127 cm³/mol. The summed E-state index contributed by atoms with van der Waals surface area (Å²) in [5, 5.41) is 2.96. The van der Waals surface area contributed by atoms with Gasteiger partial charge in [-0.3, -0.25) is 9.59 Å². The van der Waals surface area contributed by atoms with E-state index in [2.05, 4.69) is 19.2 Å². The molecule has 4 rings (SSSR count). The van der Waals surface area contributed by atoms with Crippen LogP contribution in [0.1, 0.15) is 25.3 Å². The fraction of sp³-hybridized carbons (Fsp3) is 0.120. The number of benzene rings is 3. The summed E-state index contributed by atoms with van der Waals surface area (Å²) in [5.74, 6) is -1.26. The van der Waals surface area contributed by atoms with Crippen LogP contribution in [0, 0.1) is 5.82 Å². The van der Waals surface area contributed by atoms with Crippen LogP contribution >= 0.6 is 23.4 Å². The number of carbonyl (C=O) groups is 2. The molecule has 1 heterocycles. The van der Waals surface area contributed by atoms with Crippen molar-refractivity contribution in [2.75, 3.05) is 10.2 Å². The molecule has 1 N–H and O–H groups in total. The monoisotopic (exact) mass is 466 g/mol. The molecule has 7 heteroatoms. The third kappa shape index (κ3) is 4.42. The van der Waals surface area contributed by atoms with Gasteiger partial charge in [0.2, 0.25) is 0 Å². The van der Waals surface area contributed by atoms with Crippen LogP contribution in [0.2, 0.25) is 5.02 Å². The number of nitrogens with zero attached hydrogens (tertiary/aromatic N) is 1. The lowest BCUT2D eigenvalue weighted by atomic mass is 10.0. The number of imide groups is 1. The molecule has 0 unspecified atom stereocenters. The minimum absolute atomic E-state index is 0.161. The standard InChI is InChI=1S/C25H20ClFN2O2S/c1-15(2)16-8-10-17(11-9-16)28-22-23(32-19-6-4-3-5-7-19)25(31)29(24(22)30)18-12-13-21(27)20(26)14-18/h3-15,28H,1-2H3. The van der Waals surface area contributed by atoms with Crippen LogP contribution in [0.3, 0.4) is 0 Å². The number of thioether (sulfide) groups is 1. The molecule has 0 spiro atoms. The summed E-state index contributed by atoms with van der Waals surface area (Å²) in [6.45, 7) is 4.20. The first-order valence-corrected chi connectivity index (χ1v) is 11.2. The molecule has 162 valence electrons. The predicted octanol–water partition coefficient (Wildman–Crippen LogP) is 6.59. The van der Waals surface area contributed by atoms with Crippen molar-refractivity contribution < 1.29 is 14.0 Å². The van der Waals surface area contributed by atoms with Crippen LogP contribution in [-0.4, -0.2) is 11.8 Å². The van der Waals surface area contributed by atoms with E-state index in [4.69, 9.17) is 11.6 Å². The average Bonchev–Trinajstić information content (AvgIpc) is 3.01. The Morgan fingerprint density at radius 2 is 1.62 bits per heavy atom. The van der Waals surface area contributed by atoms with E-state index in [-0.39, 0.29) is 21.3 Å². The number of rotatable bonds is 6. The zero-order valence-electron chi connectivity index (χ0n) is 17.4. The van der Waals surface area contributed by atoms with Crippen molar-refractivity contribution in [2.45, 2.75) is 24.7 Å². The van der Waals surface area contributed by atoms with Crippen molar-refractivity contribution in [1.82, 2.24) is 0 Å². The minimum atomic E-state index is -0.620. The van der Waals surface area contributed by atoms with E-state index in [0.29, 0.717) is 11.6 Å². The summed E-state index contributed by atoms with van der Waals surface area (Å²) in [7, 11) is 0. The van der Waals surface area contributed by atoms with Gasteiger partial charge in [0.1, 0.15) is 16.4 Å². The lowest BCUT2D eigenvalue weighted by Gasteiger charge is -2.16. The number of anilines is 2. The molecule has 1 aliphatic heterocycles. The van der Waals surface area contributed by atoms with E-state index in [0.717, 1.165) is 15.9 Å². The van der Waals surface area contributed by atoms with Gasteiger partial charge in [-0.2, -0.15) is 0 Å². The molecule has 2 amide bonds. The molecule has 0 fully saturated rings. The molecule has 0 aromatic heterocycles. The lowest BCUT2D eigenvalue weighted by Crippen LogP contribution is -2.32. The maximum atomic E-state index is 13.7. The maximum Gasteiger partial charge on any atom is 0.283 e. The highest BCUT2D eigenvalue weighted by molar-refractivity contribution is 8.04. The molecule has 0 radical (unpaired) electrons. The molecule has 0 bridgehead atoms. The number of nitrogens with one attached hydrogen (secondary N) is 1. The van der Waals surface area contributed by atoms with Gasteiger partial charge in [-0.15, -0.1) is 0 Å². The fourth-order valence-corrected chi connectivity index (χ4v) is 4.40. The second-order valence-corrected chi connectivity index (χ2v) is 9.06. The summed E-state index contributed by atoms with van der Waals surface area (Å²) < 4.78 is 13.7. The fourth-order valence-electron chi connectivity index (χ4n) is 3.28.